The Labute approximate surface area is 349 Å². The maximum Gasteiger partial charge on any atom is 0.126 e. The van der Waals surface area contributed by atoms with E-state index in [0.717, 1.165) is 106 Å². The van der Waals surface area contributed by atoms with Gasteiger partial charge < -0.3 is 41.9 Å². The highest BCUT2D eigenvalue weighted by Gasteiger charge is 2.27. The number of fused-ring (bicyclic) bond motifs is 8. The van der Waals surface area contributed by atoms with Crippen LogP contribution in [0.3, 0.4) is 0 Å². The third kappa shape index (κ3) is 11.4. The molecule has 8 nitrogen and oxygen atoms in total. The molecule has 0 radical (unpaired) electrons. The fourth-order valence-corrected chi connectivity index (χ4v) is 7.80. The summed E-state index contributed by atoms with van der Waals surface area (Å²) in [5, 5.41) is 0. The van der Waals surface area contributed by atoms with E-state index in [1.54, 1.807) is 0 Å². The molecule has 8 heteroatoms. The molecule has 0 heterocycles. The van der Waals surface area contributed by atoms with Crippen molar-refractivity contribution in [3.8, 4) is 23.0 Å². The second-order valence-corrected chi connectivity index (χ2v) is 18.2. The van der Waals surface area contributed by atoms with E-state index in [4.69, 9.17) is 41.9 Å². The van der Waals surface area contributed by atoms with Gasteiger partial charge in [-0.3, -0.25) is 0 Å². The van der Waals surface area contributed by atoms with Crippen LogP contribution in [-0.4, -0.2) is 39.5 Å². The summed E-state index contributed by atoms with van der Waals surface area (Å²) in [7, 11) is 0. The molecule has 0 fully saturated rings. The maximum absolute atomic E-state index is 6.86. The minimum Gasteiger partial charge on any atom is -0.493 e. The van der Waals surface area contributed by atoms with Crippen LogP contribution in [-0.2, 0) is 36.5 Å². The first kappa shape index (κ1) is 44.7. The van der Waals surface area contributed by atoms with Crippen LogP contribution in [0.2, 0.25) is 0 Å². The van der Waals surface area contributed by atoms with Crippen molar-refractivity contribution in [1.82, 2.24) is 0 Å². The van der Waals surface area contributed by atoms with Gasteiger partial charge in [0.25, 0.3) is 0 Å². The van der Waals surface area contributed by atoms with Gasteiger partial charge in [0.15, 0.2) is 0 Å². The predicted octanol–water partition coefficient (Wildman–Crippen LogP) is 9.94. The van der Waals surface area contributed by atoms with Crippen LogP contribution in [0, 0.1) is 0 Å². The molecule has 58 heavy (non-hydrogen) atoms. The summed E-state index contributed by atoms with van der Waals surface area (Å²) >= 11 is 0. The Morgan fingerprint density at radius 3 is 0.914 bits per heavy atom. The lowest BCUT2D eigenvalue weighted by atomic mass is 9.81. The van der Waals surface area contributed by atoms with Gasteiger partial charge in [-0.25, -0.2) is 0 Å². The monoisotopic (exact) mass is 793 g/mol. The number of hydrogen-bond donors (Lipinski definition) is 4. The topological polar surface area (TPSA) is 141 Å². The van der Waals surface area contributed by atoms with Gasteiger partial charge in [0.2, 0.25) is 0 Å². The van der Waals surface area contributed by atoms with Crippen LogP contribution >= 0.6 is 0 Å². The average molecular weight is 793 g/mol. The molecule has 0 amide bonds. The quantitative estimate of drug-likeness (QED) is 0.0572. The van der Waals surface area contributed by atoms with Gasteiger partial charge in [-0.05, 0) is 120 Å². The van der Waals surface area contributed by atoms with Crippen LogP contribution in [0.4, 0.5) is 11.4 Å². The summed E-state index contributed by atoms with van der Waals surface area (Å²) < 4.78 is 27.2. The standard InChI is InChI=1S/C50H72N4O4/c1-9-17-55-47-37-21-33-25-41(49(3,4)5)27-35(45(33)57-19-13-11-15-51)23-39-31-44(54)32-40(48(39)56-18-10-2)24-36-28-42(50(6,7)8)26-34(22-38(47)30-43(53)29-37)46(36)58-20-14-12-16-52/h25-32H,9-24,51-54H2,1-8H3. The summed E-state index contributed by atoms with van der Waals surface area (Å²) in [5.41, 5.74) is 37.7. The molecule has 0 spiro atoms. The molecule has 0 unspecified atom stereocenters. The summed E-state index contributed by atoms with van der Waals surface area (Å²) in [5.74, 6) is 3.54. The fourth-order valence-electron chi connectivity index (χ4n) is 7.80. The lowest BCUT2D eigenvalue weighted by Crippen LogP contribution is -2.16. The van der Waals surface area contributed by atoms with Crippen LogP contribution in [0.5, 0.6) is 23.0 Å². The number of benzene rings is 4. The number of rotatable bonds is 16. The van der Waals surface area contributed by atoms with E-state index in [9.17, 15) is 0 Å². The molecule has 4 aromatic rings. The molecule has 1 aliphatic rings. The number of hydrogen-bond acceptors (Lipinski definition) is 8. The minimum absolute atomic E-state index is 0.124. The molecule has 5 rings (SSSR count). The summed E-state index contributed by atoms with van der Waals surface area (Å²) in [6.45, 7) is 21.4. The highest BCUT2D eigenvalue weighted by Crippen LogP contribution is 2.43. The zero-order valence-corrected chi connectivity index (χ0v) is 36.9. The van der Waals surface area contributed by atoms with Crippen molar-refractivity contribution in [3.63, 3.8) is 0 Å². The number of nitrogen functional groups attached to an aromatic ring is 2. The molecule has 1 aliphatic carbocycles. The van der Waals surface area contributed by atoms with E-state index in [1.807, 2.05) is 0 Å². The predicted molar refractivity (Wildman–Crippen MR) is 242 cm³/mol. The SMILES string of the molecule is CCCOc1c2cc(N)cc1Cc1cc(C(C)(C)C)cc(c1OCCCCN)Cc1cc(N)cc(c1OCCC)Cc1cc(C(C)(C)C)cc(c1OCCCCN)C2. The van der Waals surface area contributed by atoms with E-state index < -0.39 is 0 Å². The Morgan fingerprint density at radius 2 is 0.672 bits per heavy atom. The molecule has 8 bridgehead atoms. The Kier molecular flexibility index (Phi) is 15.4. The van der Waals surface area contributed by atoms with Crippen LogP contribution < -0.4 is 41.9 Å². The lowest BCUT2D eigenvalue weighted by molar-refractivity contribution is 0.298. The van der Waals surface area contributed by atoms with Crippen LogP contribution in [0.25, 0.3) is 0 Å². The van der Waals surface area contributed by atoms with E-state index >= 15 is 0 Å². The first-order chi connectivity index (χ1) is 27.7. The number of ether oxygens (including phenoxy) is 4. The van der Waals surface area contributed by atoms with Crippen molar-refractivity contribution in [2.75, 3.05) is 51.0 Å². The first-order valence-corrected chi connectivity index (χ1v) is 21.7. The van der Waals surface area contributed by atoms with E-state index in [0.29, 0.717) is 76.6 Å². The normalized spacial score (nSPS) is 13.0. The molecule has 0 aromatic heterocycles. The van der Waals surface area contributed by atoms with Crippen molar-refractivity contribution >= 4 is 11.4 Å². The molecule has 0 saturated heterocycles. The van der Waals surface area contributed by atoms with Gasteiger partial charge in [-0.15, -0.1) is 0 Å². The molecule has 0 atom stereocenters. The van der Waals surface area contributed by atoms with Gasteiger partial charge in [-0.1, -0.05) is 79.7 Å². The lowest BCUT2D eigenvalue weighted by Gasteiger charge is -2.27. The second-order valence-electron chi connectivity index (χ2n) is 18.2. The van der Waals surface area contributed by atoms with Crippen molar-refractivity contribution in [2.45, 2.75) is 130 Å². The Hall–Kier alpha value is -4.40. The smallest absolute Gasteiger partial charge is 0.126 e. The Balaban J connectivity index is 1.89. The zero-order chi connectivity index (χ0) is 42.0. The number of anilines is 2. The van der Waals surface area contributed by atoms with Crippen molar-refractivity contribution in [2.24, 2.45) is 11.5 Å². The van der Waals surface area contributed by atoms with Crippen molar-refractivity contribution in [3.05, 3.63) is 104 Å². The first-order valence-electron chi connectivity index (χ1n) is 21.7. The largest absolute Gasteiger partial charge is 0.493 e. The average Bonchev–Trinajstić information content (AvgIpc) is 3.14. The molecular weight excluding hydrogens is 721 g/mol. The van der Waals surface area contributed by atoms with Gasteiger partial charge in [-0.2, -0.15) is 0 Å². The number of nitrogens with two attached hydrogens (primary N) is 4. The van der Waals surface area contributed by atoms with E-state index in [2.05, 4.69) is 104 Å². The molecule has 0 saturated carbocycles. The molecule has 4 aromatic carbocycles. The van der Waals surface area contributed by atoms with Crippen LogP contribution in [0.1, 0.15) is 150 Å². The van der Waals surface area contributed by atoms with Crippen molar-refractivity contribution < 1.29 is 18.9 Å². The van der Waals surface area contributed by atoms with E-state index in [-0.39, 0.29) is 10.8 Å². The molecule has 316 valence electrons. The summed E-state index contributed by atoms with van der Waals surface area (Å²) in [4.78, 5) is 0. The molecule has 8 N–H and O–H groups in total. The minimum atomic E-state index is -0.124. The Bertz CT molecular complexity index is 1750. The van der Waals surface area contributed by atoms with Crippen molar-refractivity contribution in [1.29, 1.82) is 0 Å². The van der Waals surface area contributed by atoms with Gasteiger partial charge in [0.05, 0.1) is 26.4 Å². The zero-order valence-electron chi connectivity index (χ0n) is 36.9. The second kappa shape index (κ2) is 20.0. The number of unbranched alkanes of at least 4 members (excludes halogenated alkanes) is 2. The third-order valence-corrected chi connectivity index (χ3v) is 10.9. The van der Waals surface area contributed by atoms with Gasteiger partial charge >= 0.3 is 0 Å². The van der Waals surface area contributed by atoms with Gasteiger partial charge in [0.1, 0.15) is 23.0 Å². The van der Waals surface area contributed by atoms with Gasteiger partial charge in [0, 0.05) is 59.3 Å². The maximum atomic E-state index is 6.86. The highest BCUT2D eigenvalue weighted by atomic mass is 16.5. The molecular formula is C50H72N4O4. The third-order valence-electron chi connectivity index (χ3n) is 10.9. The highest BCUT2D eigenvalue weighted by molar-refractivity contribution is 5.62. The summed E-state index contributed by atoms with van der Waals surface area (Å²) in [6.07, 6.45) is 7.59. The Morgan fingerprint density at radius 1 is 0.414 bits per heavy atom. The van der Waals surface area contributed by atoms with Crippen LogP contribution in [0.15, 0.2) is 48.5 Å². The van der Waals surface area contributed by atoms with E-state index in [1.165, 1.54) is 11.1 Å². The molecule has 0 aliphatic heterocycles. The summed E-state index contributed by atoms with van der Waals surface area (Å²) in [6, 6.07) is 17.6. The fraction of sp³-hybridized carbons (Fsp3) is 0.520.